The summed E-state index contributed by atoms with van der Waals surface area (Å²) in [6.45, 7) is 4.09. The van der Waals surface area contributed by atoms with E-state index in [2.05, 4.69) is 24.4 Å². The molecule has 1 fully saturated rings. The summed E-state index contributed by atoms with van der Waals surface area (Å²) in [7, 11) is 1.92. The Morgan fingerprint density at radius 2 is 2.10 bits per heavy atom. The molecule has 2 unspecified atom stereocenters. The minimum atomic E-state index is 0.257. The molecule has 1 aromatic rings. The van der Waals surface area contributed by atoms with Crippen LogP contribution in [0.1, 0.15) is 31.7 Å². The van der Waals surface area contributed by atoms with Crippen molar-refractivity contribution in [2.75, 3.05) is 20.1 Å². The van der Waals surface area contributed by atoms with Crippen molar-refractivity contribution in [2.24, 2.45) is 5.92 Å². The van der Waals surface area contributed by atoms with Crippen LogP contribution in [0, 0.1) is 5.92 Å². The molecular weight excluding hydrogens is 248 g/mol. The van der Waals surface area contributed by atoms with E-state index in [-0.39, 0.29) is 5.91 Å². The quantitative estimate of drug-likeness (QED) is 0.894. The summed E-state index contributed by atoms with van der Waals surface area (Å²) in [5, 5.41) is 3.48. The second-order valence-electron chi connectivity index (χ2n) is 5.94. The Labute approximate surface area is 122 Å². The number of rotatable bonds is 5. The molecule has 110 valence electrons. The molecule has 0 radical (unpaired) electrons. The molecule has 0 bridgehead atoms. The lowest BCUT2D eigenvalue weighted by Crippen LogP contribution is -2.44. The number of carbonyl (C=O) groups excluding carboxylic acids is 1. The van der Waals surface area contributed by atoms with Crippen molar-refractivity contribution in [1.82, 2.24) is 10.2 Å². The van der Waals surface area contributed by atoms with Crippen LogP contribution in [0.15, 0.2) is 30.3 Å². The van der Waals surface area contributed by atoms with Crippen molar-refractivity contribution in [2.45, 2.75) is 38.6 Å². The minimum absolute atomic E-state index is 0.257. The van der Waals surface area contributed by atoms with E-state index in [1.54, 1.807) is 0 Å². The van der Waals surface area contributed by atoms with Crippen LogP contribution in [0.3, 0.4) is 0 Å². The molecule has 1 N–H and O–H groups in total. The van der Waals surface area contributed by atoms with E-state index in [1.807, 2.05) is 30.1 Å². The second-order valence-corrected chi connectivity index (χ2v) is 5.94. The first-order valence-electron chi connectivity index (χ1n) is 7.68. The number of hydrogen-bond acceptors (Lipinski definition) is 2. The topological polar surface area (TPSA) is 32.3 Å². The van der Waals surface area contributed by atoms with Crippen molar-refractivity contribution >= 4 is 5.91 Å². The van der Waals surface area contributed by atoms with Gasteiger partial charge in [-0.15, -0.1) is 0 Å². The third kappa shape index (κ3) is 4.34. The van der Waals surface area contributed by atoms with E-state index in [0.717, 1.165) is 19.5 Å². The molecule has 2 atom stereocenters. The zero-order valence-corrected chi connectivity index (χ0v) is 12.6. The largest absolute Gasteiger partial charge is 0.345 e. The molecule has 1 heterocycles. The number of carbonyl (C=O) groups is 1. The van der Waals surface area contributed by atoms with Gasteiger partial charge in [0.25, 0.3) is 0 Å². The molecule has 3 heteroatoms. The zero-order chi connectivity index (χ0) is 14.4. The van der Waals surface area contributed by atoms with E-state index in [1.165, 1.54) is 18.4 Å². The van der Waals surface area contributed by atoms with Crippen LogP contribution in [0.25, 0.3) is 0 Å². The number of benzene rings is 1. The zero-order valence-electron chi connectivity index (χ0n) is 12.6. The highest BCUT2D eigenvalue weighted by Crippen LogP contribution is 2.18. The number of amides is 1. The summed E-state index contributed by atoms with van der Waals surface area (Å²) in [4.78, 5) is 14.1. The fourth-order valence-electron chi connectivity index (χ4n) is 2.80. The van der Waals surface area contributed by atoms with E-state index in [0.29, 0.717) is 18.4 Å². The third-order valence-corrected chi connectivity index (χ3v) is 4.33. The molecule has 1 amide bonds. The molecule has 1 aliphatic heterocycles. The van der Waals surface area contributed by atoms with Crippen LogP contribution in [-0.2, 0) is 11.2 Å². The fraction of sp³-hybridized carbons (Fsp3) is 0.588. The number of piperidine rings is 1. The van der Waals surface area contributed by atoms with Crippen LogP contribution in [0.5, 0.6) is 0 Å². The Morgan fingerprint density at radius 3 is 2.80 bits per heavy atom. The summed E-state index contributed by atoms with van der Waals surface area (Å²) in [5.74, 6) is 0.863. The molecule has 0 aliphatic carbocycles. The van der Waals surface area contributed by atoms with Gasteiger partial charge in [-0.2, -0.15) is 0 Å². The van der Waals surface area contributed by atoms with Crippen molar-refractivity contribution < 1.29 is 4.79 Å². The molecular formula is C17H26N2O. The highest BCUT2D eigenvalue weighted by Gasteiger charge is 2.24. The summed E-state index contributed by atoms with van der Waals surface area (Å²) >= 11 is 0. The van der Waals surface area contributed by atoms with Crippen molar-refractivity contribution in [3.05, 3.63) is 35.9 Å². The second kappa shape index (κ2) is 7.44. The van der Waals surface area contributed by atoms with Gasteiger partial charge < -0.3 is 10.2 Å². The van der Waals surface area contributed by atoms with Crippen LogP contribution in [-0.4, -0.2) is 37.0 Å². The Hall–Kier alpha value is -1.35. The van der Waals surface area contributed by atoms with Gasteiger partial charge in [-0.3, -0.25) is 4.79 Å². The number of nitrogens with zero attached hydrogens (tertiary/aromatic N) is 1. The van der Waals surface area contributed by atoms with Gasteiger partial charge in [0.1, 0.15) is 0 Å². The molecule has 1 saturated heterocycles. The smallest absolute Gasteiger partial charge is 0.223 e. The Balaban J connectivity index is 1.77. The molecule has 0 saturated carbocycles. The van der Waals surface area contributed by atoms with Gasteiger partial charge in [0.15, 0.2) is 0 Å². The van der Waals surface area contributed by atoms with Crippen LogP contribution in [0.2, 0.25) is 0 Å². The molecule has 0 aromatic heterocycles. The third-order valence-electron chi connectivity index (χ3n) is 4.33. The maximum Gasteiger partial charge on any atom is 0.223 e. The molecule has 2 rings (SSSR count). The molecule has 3 nitrogen and oxygen atoms in total. The average molecular weight is 274 g/mol. The average Bonchev–Trinajstić information content (AvgIpc) is 2.48. The van der Waals surface area contributed by atoms with Gasteiger partial charge in [0.05, 0.1) is 0 Å². The first kappa shape index (κ1) is 15.0. The highest BCUT2D eigenvalue weighted by atomic mass is 16.2. The van der Waals surface area contributed by atoms with E-state index < -0.39 is 0 Å². The fourth-order valence-corrected chi connectivity index (χ4v) is 2.80. The summed E-state index contributed by atoms with van der Waals surface area (Å²) in [6, 6.07) is 10.7. The van der Waals surface area contributed by atoms with Crippen molar-refractivity contribution in [3.8, 4) is 0 Å². The van der Waals surface area contributed by atoms with Gasteiger partial charge in [0.2, 0.25) is 5.91 Å². The summed E-state index contributed by atoms with van der Waals surface area (Å²) < 4.78 is 0. The first-order valence-corrected chi connectivity index (χ1v) is 7.68. The molecule has 20 heavy (non-hydrogen) atoms. The predicted molar refractivity (Wildman–Crippen MR) is 82.6 cm³/mol. The maximum atomic E-state index is 12.3. The Morgan fingerprint density at radius 1 is 1.35 bits per heavy atom. The summed E-state index contributed by atoms with van der Waals surface area (Å²) in [5.41, 5.74) is 1.29. The SMILES string of the molecule is CC1CCCNC1CC(=O)N(C)CCc1ccccc1. The standard InChI is InChI=1S/C17H26N2O/c1-14-7-6-11-18-16(14)13-17(20)19(2)12-10-15-8-4-3-5-9-15/h3-5,8-9,14,16,18H,6-7,10-13H2,1-2H3. The Bertz CT molecular complexity index is 418. The molecule has 0 spiro atoms. The maximum absolute atomic E-state index is 12.3. The van der Waals surface area contributed by atoms with Crippen LogP contribution >= 0.6 is 0 Å². The minimum Gasteiger partial charge on any atom is -0.345 e. The summed E-state index contributed by atoms with van der Waals surface area (Å²) in [6.07, 6.45) is 4.03. The van der Waals surface area contributed by atoms with E-state index in [9.17, 15) is 4.79 Å². The molecule has 1 aromatic carbocycles. The Kier molecular flexibility index (Phi) is 5.60. The van der Waals surface area contributed by atoms with Crippen molar-refractivity contribution in [3.63, 3.8) is 0 Å². The lowest BCUT2D eigenvalue weighted by molar-refractivity contribution is -0.130. The van der Waals surface area contributed by atoms with Gasteiger partial charge in [-0.1, -0.05) is 37.3 Å². The first-order chi connectivity index (χ1) is 9.66. The van der Waals surface area contributed by atoms with E-state index >= 15 is 0 Å². The van der Waals surface area contributed by atoms with Gasteiger partial charge in [-0.05, 0) is 37.3 Å². The number of hydrogen-bond donors (Lipinski definition) is 1. The van der Waals surface area contributed by atoms with Crippen LogP contribution in [0.4, 0.5) is 0 Å². The van der Waals surface area contributed by atoms with E-state index in [4.69, 9.17) is 0 Å². The monoisotopic (exact) mass is 274 g/mol. The van der Waals surface area contributed by atoms with Crippen LogP contribution < -0.4 is 5.32 Å². The van der Waals surface area contributed by atoms with Crippen molar-refractivity contribution in [1.29, 1.82) is 0 Å². The lowest BCUT2D eigenvalue weighted by atomic mass is 9.90. The normalized spacial score (nSPS) is 22.5. The lowest BCUT2D eigenvalue weighted by Gasteiger charge is -2.31. The van der Waals surface area contributed by atoms with Gasteiger partial charge in [0, 0.05) is 26.1 Å². The predicted octanol–water partition coefficient (Wildman–Crippen LogP) is 2.47. The molecule has 1 aliphatic rings. The highest BCUT2D eigenvalue weighted by molar-refractivity contribution is 5.76. The number of likely N-dealkylation sites (N-methyl/N-ethyl adjacent to an activating group) is 1. The van der Waals surface area contributed by atoms with Gasteiger partial charge in [-0.25, -0.2) is 0 Å². The number of nitrogens with one attached hydrogen (secondary N) is 1. The van der Waals surface area contributed by atoms with Gasteiger partial charge >= 0.3 is 0 Å².